The van der Waals surface area contributed by atoms with Crippen molar-refractivity contribution >= 4 is 0 Å². The van der Waals surface area contributed by atoms with Crippen LogP contribution in [0, 0.1) is 5.92 Å². The van der Waals surface area contributed by atoms with Crippen molar-refractivity contribution in [1.82, 2.24) is 0 Å². The Balaban J connectivity index is 2.40. The van der Waals surface area contributed by atoms with Gasteiger partial charge in [-0.1, -0.05) is 25.8 Å². The molecule has 2 unspecified atom stereocenters. The number of hydrogen-bond donors (Lipinski definition) is 1. The Morgan fingerprint density at radius 2 is 2.06 bits per heavy atom. The third-order valence-corrected chi connectivity index (χ3v) is 3.33. The average Bonchev–Trinajstić information content (AvgIpc) is 2.16. The lowest BCUT2D eigenvalue weighted by molar-refractivity contribution is 0.115. The summed E-state index contributed by atoms with van der Waals surface area (Å²) in [6.07, 6.45) is 10.3. The Kier molecular flexibility index (Phi) is 6.74. The first-order chi connectivity index (χ1) is 7.74. The second-order valence-corrected chi connectivity index (χ2v) is 5.04. The van der Waals surface area contributed by atoms with Gasteiger partial charge < -0.3 is 9.84 Å². The molecule has 1 aliphatic carbocycles. The van der Waals surface area contributed by atoms with Crippen molar-refractivity contribution in [3.05, 3.63) is 11.6 Å². The maximum atomic E-state index is 10.2. The SMILES string of the molecule is COCC(C)CC(O)C1=CCCCCCC1. The highest BCUT2D eigenvalue weighted by Crippen LogP contribution is 2.22. The van der Waals surface area contributed by atoms with Crippen LogP contribution in [0.5, 0.6) is 0 Å². The molecule has 1 N–H and O–H groups in total. The number of aliphatic hydroxyl groups excluding tert-OH is 1. The average molecular weight is 226 g/mol. The molecule has 0 fully saturated rings. The number of ether oxygens (including phenoxy) is 1. The van der Waals surface area contributed by atoms with Crippen LogP contribution in [0.15, 0.2) is 11.6 Å². The number of allylic oxidation sites excluding steroid dienone is 1. The normalized spacial score (nSPS) is 21.8. The lowest BCUT2D eigenvalue weighted by Crippen LogP contribution is -2.18. The molecule has 1 aliphatic rings. The zero-order chi connectivity index (χ0) is 11.8. The van der Waals surface area contributed by atoms with E-state index in [4.69, 9.17) is 4.74 Å². The molecule has 1 rings (SSSR count). The molecule has 0 spiro atoms. The van der Waals surface area contributed by atoms with Crippen LogP contribution in [0.2, 0.25) is 0 Å². The molecule has 0 bridgehead atoms. The van der Waals surface area contributed by atoms with Gasteiger partial charge in [-0.15, -0.1) is 0 Å². The van der Waals surface area contributed by atoms with E-state index >= 15 is 0 Å². The Morgan fingerprint density at radius 3 is 2.81 bits per heavy atom. The van der Waals surface area contributed by atoms with Crippen molar-refractivity contribution in [3.8, 4) is 0 Å². The van der Waals surface area contributed by atoms with Gasteiger partial charge in [0.05, 0.1) is 6.10 Å². The fraction of sp³-hybridized carbons (Fsp3) is 0.857. The van der Waals surface area contributed by atoms with Crippen molar-refractivity contribution in [3.63, 3.8) is 0 Å². The monoisotopic (exact) mass is 226 g/mol. The second-order valence-electron chi connectivity index (χ2n) is 5.04. The third-order valence-electron chi connectivity index (χ3n) is 3.33. The van der Waals surface area contributed by atoms with E-state index < -0.39 is 0 Å². The predicted octanol–water partition coefficient (Wildman–Crippen LogP) is 3.30. The van der Waals surface area contributed by atoms with Crippen LogP contribution in [0.1, 0.15) is 51.9 Å². The van der Waals surface area contributed by atoms with Crippen LogP contribution in [-0.4, -0.2) is 24.9 Å². The molecule has 2 heteroatoms. The van der Waals surface area contributed by atoms with Gasteiger partial charge >= 0.3 is 0 Å². The van der Waals surface area contributed by atoms with E-state index in [0.717, 1.165) is 25.9 Å². The molecule has 2 atom stereocenters. The summed E-state index contributed by atoms with van der Waals surface area (Å²) in [4.78, 5) is 0. The van der Waals surface area contributed by atoms with Gasteiger partial charge in [-0.05, 0) is 43.6 Å². The number of rotatable bonds is 5. The fourth-order valence-electron chi connectivity index (χ4n) is 2.40. The van der Waals surface area contributed by atoms with E-state index in [9.17, 15) is 5.11 Å². The van der Waals surface area contributed by atoms with Crippen molar-refractivity contribution < 1.29 is 9.84 Å². The summed E-state index contributed by atoms with van der Waals surface area (Å²) in [5.74, 6) is 0.436. The highest BCUT2D eigenvalue weighted by Gasteiger charge is 2.15. The van der Waals surface area contributed by atoms with Gasteiger partial charge in [0.25, 0.3) is 0 Å². The fourth-order valence-corrected chi connectivity index (χ4v) is 2.40. The standard InChI is InChI=1S/C14H26O2/c1-12(11-16-2)10-14(15)13-8-6-4-3-5-7-9-13/h8,12,14-15H,3-7,9-11H2,1-2H3. The lowest BCUT2D eigenvalue weighted by Gasteiger charge is -2.20. The second kappa shape index (κ2) is 7.86. The van der Waals surface area contributed by atoms with Gasteiger partial charge in [-0.3, -0.25) is 0 Å². The van der Waals surface area contributed by atoms with E-state index in [-0.39, 0.29) is 6.10 Å². The summed E-state index contributed by atoms with van der Waals surface area (Å²) >= 11 is 0. The molecular weight excluding hydrogens is 200 g/mol. The van der Waals surface area contributed by atoms with E-state index in [1.807, 2.05) is 0 Å². The Labute approximate surface area is 99.7 Å². The molecule has 94 valence electrons. The maximum Gasteiger partial charge on any atom is 0.0753 e. The van der Waals surface area contributed by atoms with Gasteiger partial charge in [0.2, 0.25) is 0 Å². The lowest BCUT2D eigenvalue weighted by atomic mass is 9.92. The van der Waals surface area contributed by atoms with Crippen LogP contribution in [0.4, 0.5) is 0 Å². The zero-order valence-corrected chi connectivity index (χ0v) is 10.7. The highest BCUT2D eigenvalue weighted by molar-refractivity contribution is 5.08. The van der Waals surface area contributed by atoms with E-state index in [2.05, 4.69) is 13.0 Å². The third kappa shape index (κ3) is 5.13. The van der Waals surface area contributed by atoms with Gasteiger partial charge in [0, 0.05) is 13.7 Å². The minimum atomic E-state index is -0.247. The van der Waals surface area contributed by atoms with Crippen LogP contribution in [-0.2, 0) is 4.74 Å². The van der Waals surface area contributed by atoms with Crippen molar-refractivity contribution in [2.45, 2.75) is 58.0 Å². The molecule has 0 amide bonds. The van der Waals surface area contributed by atoms with Gasteiger partial charge in [-0.25, -0.2) is 0 Å². The first kappa shape index (κ1) is 13.7. The Hall–Kier alpha value is -0.340. The summed E-state index contributed by atoms with van der Waals surface area (Å²) in [6.45, 7) is 2.88. The molecule has 0 saturated carbocycles. The van der Waals surface area contributed by atoms with E-state index in [0.29, 0.717) is 5.92 Å². The topological polar surface area (TPSA) is 29.5 Å². The molecule has 0 aromatic heterocycles. The molecule has 16 heavy (non-hydrogen) atoms. The summed E-state index contributed by atoms with van der Waals surface area (Å²) in [7, 11) is 1.72. The van der Waals surface area contributed by atoms with Crippen molar-refractivity contribution in [2.75, 3.05) is 13.7 Å². The van der Waals surface area contributed by atoms with Gasteiger partial charge in [0.1, 0.15) is 0 Å². The summed E-state index contributed by atoms with van der Waals surface area (Å²) in [5.41, 5.74) is 1.27. The molecule has 0 radical (unpaired) electrons. The van der Waals surface area contributed by atoms with E-state index in [1.54, 1.807) is 7.11 Å². The molecule has 2 nitrogen and oxygen atoms in total. The summed E-state index contributed by atoms with van der Waals surface area (Å²) in [5, 5.41) is 10.2. The Bertz CT molecular complexity index is 211. The quantitative estimate of drug-likeness (QED) is 0.729. The first-order valence-electron chi connectivity index (χ1n) is 6.60. The number of hydrogen-bond acceptors (Lipinski definition) is 2. The smallest absolute Gasteiger partial charge is 0.0753 e. The summed E-state index contributed by atoms with van der Waals surface area (Å²) < 4.78 is 5.11. The minimum Gasteiger partial charge on any atom is -0.389 e. The Morgan fingerprint density at radius 1 is 1.31 bits per heavy atom. The van der Waals surface area contributed by atoms with Crippen molar-refractivity contribution in [2.24, 2.45) is 5.92 Å². The van der Waals surface area contributed by atoms with Gasteiger partial charge in [0.15, 0.2) is 0 Å². The van der Waals surface area contributed by atoms with Crippen LogP contribution < -0.4 is 0 Å². The minimum absolute atomic E-state index is 0.247. The number of methoxy groups -OCH3 is 1. The number of aliphatic hydroxyl groups is 1. The van der Waals surface area contributed by atoms with Crippen molar-refractivity contribution in [1.29, 1.82) is 0 Å². The largest absolute Gasteiger partial charge is 0.389 e. The summed E-state index contributed by atoms with van der Waals surface area (Å²) in [6, 6.07) is 0. The molecular formula is C14H26O2. The van der Waals surface area contributed by atoms with Crippen LogP contribution in [0.3, 0.4) is 0 Å². The molecule has 0 aliphatic heterocycles. The molecule has 0 aromatic carbocycles. The predicted molar refractivity (Wildman–Crippen MR) is 67.4 cm³/mol. The van der Waals surface area contributed by atoms with Crippen LogP contribution in [0.25, 0.3) is 0 Å². The molecule has 0 saturated heterocycles. The maximum absolute atomic E-state index is 10.2. The zero-order valence-electron chi connectivity index (χ0n) is 10.7. The van der Waals surface area contributed by atoms with Gasteiger partial charge in [-0.2, -0.15) is 0 Å². The molecule has 0 heterocycles. The first-order valence-corrected chi connectivity index (χ1v) is 6.60. The van der Waals surface area contributed by atoms with Crippen LogP contribution >= 0.6 is 0 Å². The highest BCUT2D eigenvalue weighted by atomic mass is 16.5. The van der Waals surface area contributed by atoms with E-state index in [1.165, 1.54) is 31.3 Å². The molecule has 0 aromatic rings.